The third-order valence-corrected chi connectivity index (χ3v) is 3.93. The van der Waals surface area contributed by atoms with Gasteiger partial charge in [0.25, 0.3) is 5.91 Å². The number of halogens is 1. The first-order chi connectivity index (χ1) is 12.1. The third kappa shape index (κ3) is 3.75. The number of esters is 1. The number of amides is 1. The normalized spacial score (nSPS) is 10.5. The van der Waals surface area contributed by atoms with Crippen molar-refractivity contribution in [2.24, 2.45) is 0 Å². The van der Waals surface area contributed by atoms with Crippen molar-refractivity contribution >= 4 is 40.1 Å². The minimum atomic E-state index is -0.693. The van der Waals surface area contributed by atoms with Gasteiger partial charge in [0, 0.05) is 22.7 Å². The molecule has 2 aromatic carbocycles. The first-order valence-electron chi connectivity index (χ1n) is 7.45. The fraction of sp³-hybridized carbons (Fsp3) is 0.111. The zero-order valence-electron chi connectivity index (χ0n) is 13.3. The molecule has 0 atom stereocenters. The van der Waals surface area contributed by atoms with Crippen LogP contribution in [0.5, 0.6) is 5.75 Å². The van der Waals surface area contributed by atoms with E-state index in [0.29, 0.717) is 11.4 Å². The first kappa shape index (κ1) is 16.9. The van der Waals surface area contributed by atoms with E-state index in [1.54, 1.807) is 36.4 Å². The Kier molecular flexibility index (Phi) is 4.90. The van der Waals surface area contributed by atoms with E-state index in [2.05, 4.69) is 10.3 Å². The van der Waals surface area contributed by atoms with Crippen molar-refractivity contribution in [1.82, 2.24) is 4.98 Å². The van der Waals surface area contributed by atoms with Crippen molar-refractivity contribution in [3.8, 4) is 5.75 Å². The van der Waals surface area contributed by atoms with Crippen molar-refractivity contribution in [1.29, 1.82) is 0 Å². The molecule has 0 aliphatic rings. The summed E-state index contributed by atoms with van der Waals surface area (Å²) in [5.41, 5.74) is 1.39. The van der Waals surface area contributed by atoms with Gasteiger partial charge in [-0.3, -0.25) is 4.79 Å². The van der Waals surface area contributed by atoms with Crippen molar-refractivity contribution in [2.45, 2.75) is 0 Å². The predicted molar refractivity (Wildman–Crippen MR) is 95.2 cm³/mol. The summed E-state index contributed by atoms with van der Waals surface area (Å²) in [6.45, 7) is -0.429. The quantitative estimate of drug-likeness (QED) is 0.682. The number of carbonyl (C=O) groups excluding carboxylic acids is 2. The summed E-state index contributed by atoms with van der Waals surface area (Å²) in [5, 5.41) is 3.62. The van der Waals surface area contributed by atoms with Crippen molar-refractivity contribution in [3.63, 3.8) is 0 Å². The van der Waals surface area contributed by atoms with Gasteiger partial charge in [0.05, 0.1) is 12.1 Å². The maximum atomic E-state index is 12.2. The van der Waals surface area contributed by atoms with Crippen LogP contribution < -0.4 is 10.1 Å². The molecule has 0 unspecified atom stereocenters. The monoisotopic (exact) mass is 358 g/mol. The molecule has 1 aromatic heterocycles. The summed E-state index contributed by atoms with van der Waals surface area (Å²) in [6.07, 6.45) is 0. The number of aromatic amines is 1. The Morgan fingerprint density at radius 2 is 1.96 bits per heavy atom. The largest absolute Gasteiger partial charge is 0.497 e. The van der Waals surface area contributed by atoms with E-state index in [9.17, 15) is 9.59 Å². The number of nitrogens with one attached hydrogen (secondary N) is 2. The van der Waals surface area contributed by atoms with Gasteiger partial charge >= 0.3 is 5.97 Å². The molecule has 0 fully saturated rings. The number of hydrogen-bond donors (Lipinski definition) is 2. The number of H-pyrrole nitrogens is 1. The van der Waals surface area contributed by atoms with Crippen LogP contribution in [0.1, 0.15) is 10.5 Å². The highest BCUT2D eigenvalue weighted by molar-refractivity contribution is 6.38. The molecule has 128 valence electrons. The van der Waals surface area contributed by atoms with Gasteiger partial charge in [-0.1, -0.05) is 35.9 Å². The van der Waals surface area contributed by atoms with Crippen molar-refractivity contribution in [2.75, 3.05) is 19.0 Å². The van der Waals surface area contributed by atoms with Gasteiger partial charge < -0.3 is 19.8 Å². The molecule has 2 N–H and O–H groups in total. The molecule has 1 amide bonds. The summed E-state index contributed by atoms with van der Waals surface area (Å²) in [7, 11) is 1.53. The number of para-hydroxylation sites is 1. The molecule has 1 heterocycles. The van der Waals surface area contributed by atoms with E-state index < -0.39 is 18.5 Å². The number of ether oxygens (including phenoxy) is 2. The van der Waals surface area contributed by atoms with Gasteiger partial charge in [0.1, 0.15) is 11.4 Å². The second kappa shape index (κ2) is 7.27. The van der Waals surface area contributed by atoms with Crippen LogP contribution in [0.4, 0.5) is 5.69 Å². The maximum absolute atomic E-state index is 12.2. The Hall–Kier alpha value is -2.99. The molecule has 0 saturated heterocycles. The first-order valence-corrected chi connectivity index (χ1v) is 7.83. The van der Waals surface area contributed by atoms with Crippen LogP contribution in [0.15, 0.2) is 48.5 Å². The van der Waals surface area contributed by atoms with Crippen molar-refractivity contribution < 1.29 is 19.1 Å². The molecule has 0 aliphatic heterocycles. The van der Waals surface area contributed by atoms with E-state index in [0.717, 1.165) is 10.9 Å². The highest BCUT2D eigenvalue weighted by Crippen LogP contribution is 2.27. The number of hydrogen-bond acceptors (Lipinski definition) is 4. The third-order valence-electron chi connectivity index (χ3n) is 3.53. The summed E-state index contributed by atoms with van der Waals surface area (Å²) in [5.74, 6) is -0.546. The minimum absolute atomic E-state index is 0.122. The minimum Gasteiger partial charge on any atom is -0.497 e. The van der Waals surface area contributed by atoms with Crippen LogP contribution in [-0.4, -0.2) is 30.6 Å². The molecule has 0 aliphatic carbocycles. The van der Waals surface area contributed by atoms with Gasteiger partial charge in [-0.15, -0.1) is 0 Å². The Labute approximate surface area is 148 Å². The lowest BCUT2D eigenvalue weighted by atomic mass is 10.2. The fourth-order valence-corrected chi connectivity index (χ4v) is 2.64. The highest BCUT2D eigenvalue weighted by Gasteiger charge is 2.18. The van der Waals surface area contributed by atoms with Gasteiger partial charge in [0.2, 0.25) is 0 Å². The number of carbonyl (C=O) groups is 2. The molecule has 0 spiro atoms. The molecular formula is C18H15ClN2O4. The van der Waals surface area contributed by atoms with Gasteiger partial charge in [-0.25, -0.2) is 4.79 Å². The van der Waals surface area contributed by atoms with E-state index in [4.69, 9.17) is 21.1 Å². The Morgan fingerprint density at radius 1 is 1.16 bits per heavy atom. The van der Waals surface area contributed by atoms with Crippen molar-refractivity contribution in [3.05, 3.63) is 59.2 Å². The molecule has 0 bridgehead atoms. The fourth-order valence-electron chi connectivity index (χ4n) is 2.35. The Bertz CT molecular complexity index is 936. The van der Waals surface area contributed by atoms with E-state index >= 15 is 0 Å². The SMILES string of the molecule is COc1cccc(NC(=O)COC(=O)c2[nH]c3ccccc3c2Cl)c1. The Balaban J connectivity index is 1.63. The topological polar surface area (TPSA) is 80.4 Å². The predicted octanol–water partition coefficient (Wildman–Crippen LogP) is 3.63. The van der Waals surface area contributed by atoms with Gasteiger partial charge in [-0.05, 0) is 18.2 Å². The average molecular weight is 359 g/mol. The molecule has 7 heteroatoms. The van der Waals surface area contributed by atoms with E-state index in [1.165, 1.54) is 7.11 Å². The number of methoxy groups -OCH3 is 1. The van der Waals surface area contributed by atoms with Crippen LogP contribution in [0.2, 0.25) is 5.02 Å². The van der Waals surface area contributed by atoms with Gasteiger partial charge in [0.15, 0.2) is 6.61 Å². The number of aromatic nitrogens is 1. The van der Waals surface area contributed by atoms with E-state index in [-0.39, 0.29) is 10.7 Å². The summed E-state index contributed by atoms with van der Waals surface area (Å²) < 4.78 is 10.1. The molecule has 3 rings (SSSR count). The lowest BCUT2D eigenvalue weighted by Gasteiger charge is -2.07. The number of benzene rings is 2. The zero-order valence-corrected chi connectivity index (χ0v) is 14.1. The van der Waals surface area contributed by atoms with Crippen LogP contribution in [0, 0.1) is 0 Å². The average Bonchev–Trinajstić information content (AvgIpc) is 2.97. The number of anilines is 1. The van der Waals surface area contributed by atoms with Gasteiger partial charge in [-0.2, -0.15) is 0 Å². The molecule has 0 saturated carbocycles. The lowest BCUT2D eigenvalue weighted by molar-refractivity contribution is -0.119. The maximum Gasteiger partial charge on any atom is 0.356 e. The second-order valence-electron chi connectivity index (χ2n) is 5.22. The van der Waals surface area contributed by atoms with Crippen LogP contribution in [-0.2, 0) is 9.53 Å². The molecule has 3 aromatic rings. The number of fused-ring (bicyclic) bond motifs is 1. The molecule has 25 heavy (non-hydrogen) atoms. The van der Waals surface area contributed by atoms with Crippen LogP contribution in [0.25, 0.3) is 10.9 Å². The molecule has 6 nitrogen and oxygen atoms in total. The molecular weight excluding hydrogens is 344 g/mol. The standard InChI is InChI=1S/C18H15ClN2O4/c1-24-12-6-4-5-11(9-12)20-15(22)10-25-18(23)17-16(19)13-7-2-3-8-14(13)21-17/h2-9,21H,10H2,1H3,(H,20,22). The Morgan fingerprint density at radius 3 is 2.72 bits per heavy atom. The second-order valence-corrected chi connectivity index (χ2v) is 5.59. The molecule has 0 radical (unpaired) electrons. The van der Waals surface area contributed by atoms with Crippen LogP contribution >= 0.6 is 11.6 Å². The van der Waals surface area contributed by atoms with Crippen LogP contribution in [0.3, 0.4) is 0 Å². The van der Waals surface area contributed by atoms with E-state index in [1.807, 2.05) is 12.1 Å². The number of rotatable bonds is 5. The summed E-state index contributed by atoms with van der Waals surface area (Å²) in [4.78, 5) is 27.0. The highest BCUT2D eigenvalue weighted by atomic mass is 35.5. The zero-order chi connectivity index (χ0) is 17.8. The summed E-state index contributed by atoms with van der Waals surface area (Å²) in [6, 6.07) is 14.1. The summed E-state index contributed by atoms with van der Waals surface area (Å²) >= 11 is 6.18. The lowest BCUT2D eigenvalue weighted by Crippen LogP contribution is -2.21. The smallest absolute Gasteiger partial charge is 0.356 e.